The second-order valence-corrected chi connectivity index (χ2v) is 6.71. The third-order valence-corrected chi connectivity index (χ3v) is 4.98. The number of benzene rings is 1. The molecule has 1 saturated heterocycles. The van der Waals surface area contributed by atoms with Crippen LogP contribution in [0.15, 0.2) is 18.2 Å². The lowest BCUT2D eigenvalue weighted by molar-refractivity contribution is 0.352. The monoisotopic (exact) mass is 300 g/mol. The first kappa shape index (κ1) is 15.1. The number of primary sulfonamides is 1. The summed E-state index contributed by atoms with van der Waals surface area (Å²) in [5, 5.41) is 7.90. The summed E-state index contributed by atoms with van der Waals surface area (Å²) in [4.78, 5) is 0. The Hall–Kier alpha value is -1.31. The van der Waals surface area contributed by atoms with Crippen molar-refractivity contribution in [1.82, 2.24) is 5.32 Å². The van der Waals surface area contributed by atoms with Crippen LogP contribution in [0, 0.1) is 0 Å². The summed E-state index contributed by atoms with van der Waals surface area (Å²) in [6.07, 6.45) is 1.28. The molecule has 3 N–H and O–H groups in total. The highest BCUT2D eigenvalue weighted by Crippen LogP contribution is 2.32. The van der Waals surface area contributed by atoms with E-state index < -0.39 is 15.3 Å². The lowest BCUT2D eigenvalue weighted by Crippen LogP contribution is -2.43. The number of hydrogen-bond donors (Lipinski definition) is 2. The molecule has 0 saturated carbocycles. The van der Waals surface area contributed by atoms with Crippen molar-refractivity contribution in [1.29, 1.82) is 0 Å². The molecular weight excluding hydrogens is 280 g/mol. The highest BCUT2D eigenvalue weighted by Gasteiger charge is 2.28. The maximum atomic E-state index is 11.3. The van der Waals surface area contributed by atoms with Crippen LogP contribution in [0.5, 0.6) is 11.5 Å². The lowest BCUT2D eigenvalue weighted by atomic mass is 9.97. The molecule has 1 aromatic rings. The third kappa shape index (κ3) is 3.23. The van der Waals surface area contributed by atoms with Crippen LogP contribution in [0.4, 0.5) is 0 Å². The van der Waals surface area contributed by atoms with Gasteiger partial charge in [-0.2, -0.15) is 0 Å². The Labute approximate surface area is 119 Å². The van der Waals surface area contributed by atoms with Crippen LogP contribution in [-0.2, 0) is 10.0 Å². The smallest absolute Gasteiger partial charge is 0.213 e. The minimum Gasteiger partial charge on any atom is -0.493 e. The summed E-state index contributed by atoms with van der Waals surface area (Å²) in [5.74, 6) is 1.34. The SMILES string of the molecule is COc1ccc(C2CCC(S(N)(=O)=O)CN2)cc1OC. The van der Waals surface area contributed by atoms with Gasteiger partial charge in [0.1, 0.15) is 0 Å². The molecular formula is C13H20N2O4S. The van der Waals surface area contributed by atoms with Crippen LogP contribution in [0.2, 0.25) is 0 Å². The Balaban J connectivity index is 2.11. The van der Waals surface area contributed by atoms with E-state index in [1.54, 1.807) is 14.2 Å². The quantitative estimate of drug-likeness (QED) is 0.857. The molecule has 7 heteroatoms. The Kier molecular flexibility index (Phi) is 4.52. The maximum Gasteiger partial charge on any atom is 0.213 e. The van der Waals surface area contributed by atoms with Gasteiger partial charge in [-0.25, -0.2) is 13.6 Å². The Bertz CT molecular complexity index is 566. The maximum absolute atomic E-state index is 11.3. The fraction of sp³-hybridized carbons (Fsp3) is 0.538. The van der Waals surface area contributed by atoms with E-state index in [-0.39, 0.29) is 6.04 Å². The predicted octanol–water partition coefficient (Wildman–Crippen LogP) is 0.785. The Morgan fingerprint density at radius 2 is 1.90 bits per heavy atom. The van der Waals surface area contributed by atoms with E-state index in [4.69, 9.17) is 14.6 Å². The molecule has 6 nitrogen and oxygen atoms in total. The summed E-state index contributed by atoms with van der Waals surface area (Å²) in [7, 11) is -0.282. The molecule has 1 heterocycles. The van der Waals surface area contributed by atoms with Crippen molar-refractivity contribution in [2.45, 2.75) is 24.1 Å². The number of sulfonamides is 1. The van der Waals surface area contributed by atoms with E-state index >= 15 is 0 Å². The molecule has 0 aliphatic carbocycles. The largest absolute Gasteiger partial charge is 0.493 e. The topological polar surface area (TPSA) is 90.7 Å². The second-order valence-electron chi connectivity index (χ2n) is 4.86. The summed E-state index contributed by atoms with van der Waals surface area (Å²) in [5.41, 5.74) is 1.05. The number of ether oxygens (including phenoxy) is 2. The van der Waals surface area contributed by atoms with Crippen LogP contribution in [0.1, 0.15) is 24.4 Å². The molecule has 1 aliphatic rings. The van der Waals surface area contributed by atoms with Crippen molar-refractivity contribution < 1.29 is 17.9 Å². The molecule has 2 unspecified atom stereocenters. The third-order valence-electron chi connectivity index (χ3n) is 3.64. The molecule has 2 atom stereocenters. The van der Waals surface area contributed by atoms with Crippen molar-refractivity contribution in [2.24, 2.45) is 5.14 Å². The minimum atomic E-state index is -3.46. The van der Waals surface area contributed by atoms with Crippen LogP contribution in [0.3, 0.4) is 0 Å². The van der Waals surface area contributed by atoms with Crippen LogP contribution < -0.4 is 19.9 Å². The van der Waals surface area contributed by atoms with Gasteiger partial charge < -0.3 is 14.8 Å². The average molecular weight is 300 g/mol. The molecule has 1 aliphatic heterocycles. The lowest BCUT2D eigenvalue weighted by Gasteiger charge is -2.29. The second kappa shape index (κ2) is 5.99. The van der Waals surface area contributed by atoms with Crippen molar-refractivity contribution in [3.8, 4) is 11.5 Å². The summed E-state index contributed by atoms with van der Waals surface area (Å²) >= 11 is 0. The van der Waals surface area contributed by atoms with E-state index in [0.717, 1.165) is 12.0 Å². The van der Waals surface area contributed by atoms with Gasteiger partial charge >= 0.3 is 0 Å². The number of methoxy groups -OCH3 is 2. The minimum absolute atomic E-state index is 0.104. The Morgan fingerprint density at radius 3 is 2.40 bits per heavy atom. The zero-order valence-electron chi connectivity index (χ0n) is 11.6. The van der Waals surface area contributed by atoms with Gasteiger partial charge in [0.05, 0.1) is 19.5 Å². The van der Waals surface area contributed by atoms with Crippen molar-refractivity contribution in [3.05, 3.63) is 23.8 Å². The number of nitrogens with two attached hydrogens (primary N) is 1. The predicted molar refractivity (Wildman–Crippen MR) is 76.4 cm³/mol. The zero-order valence-corrected chi connectivity index (χ0v) is 12.4. The van der Waals surface area contributed by atoms with Crippen LogP contribution in [0.25, 0.3) is 0 Å². The van der Waals surface area contributed by atoms with Crippen LogP contribution in [-0.4, -0.2) is 34.4 Å². The fourth-order valence-corrected chi connectivity index (χ4v) is 3.26. The summed E-state index contributed by atoms with van der Waals surface area (Å²) in [6, 6.07) is 5.82. The number of hydrogen-bond acceptors (Lipinski definition) is 5. The summed E-state index contributed by atoms with van der Waals surface area (Å²) < 4.78 is 33.1. The number of piperidine rings is 1. The van der Waals surface area contributed by atoms with Gasteiger partial charge in [0.2, 0.25) is 10.0 Å². The van der Waals surface area contributed by atoms with Gasteiger partial charge in [-0.05, 0) is 30.5 Å². The van der Waals surface area contributed by atoms with Gasteiger partial charge in [-0.1, -0.05) is 6.07 Å². The molecule has 2 rings (SSSR count). The summed E-state index contributed by atoms with van der Waals surface area (Å²) in [6.45, 7) is 0.373. The first-order valence-electron chi connectivity index (χ1n) is 6.42. The molecule has 0 bridgehead atoms. The van der Waals surface area contributed by atoms with Crippen molar-refractivity contribution >= 4 is 10.0 Å². The molecule has 1 fully saturated rings. The zero-order chi connectivity index (χ0) is 14.8. The molecule has 112 valence electrons. The van der Waals surface area contributed by atoms with Gasteiger partial charge in [0, 0.05) is 12.6 Å². The van der Waals surface area contributed by atoms with Gasteiger partial charge in [-0.15, -0.1) is 0 Å². The highest BCUT2D eigenvalue weighted by molar-refractivity contribution is 7.89. The number of nitrogens with one attached hydrogen (secondary N) is 1. The molecule has 0 aromatic heterocycles. The molecule has 0 radical (unpaired) electrons. The van der Waals surface area contributed by atoms with Gasteiger partial charge in [0.15, 0.2) is 11.5 Å². The molecule has 20 heavy (non-hydrogen) atoms. The first-order chi connectivity index (χ1) is 9.45. The standard InChI is InChI=1S/C13H20N2O4S/c1-18-12-6-3-9(7-13(12)19-2)11-5-4-10(8-15-11)20(14,16)17/h3,6-7,10-11,15H,4-5,8H2,1-2H3,(H2,14,16,17). The average Bonchev–Trinajstić information content (AvgIpc) is 2.45. The van der Waals surface area contributed by atoms with E-state index in [1.165, 1.54) is 0 Å². The van der Waals surface area contributed by atoms with E-state index in [2.05, 4.69) is 5.32 Å². The first-order valence-corrected chi connectivity index (χ1v) is 8.03. The molecule has 1 aromatic carbocycles. The molecule has 0 spiro atoms. The highest BCUT2D eigenvalue weighted by atomic mass is 32.2. The number of rotatable bonds is 4. The molecule has 0 amide bonds. The Morgan fingerprint density at radius 1 is 1.20 bits per heavy atom. The van der Waals surface area contributed by atoms with Crippen molar-refractivity contribution in [2.75, 3.05) is 20.8 Å². The van der Waals surface area contributed by atoms with Gasteiger partial charge in [0.25, 0.3) is 0 Å². The normalized spacial score (nSPS) is 23.4. The van der Waals surface area contributed by atoms with Crippen LogP contribution >= 0.6 is 0 Å². The van der Waals surface area contributed by atoms with E-state index in [9.17, 15) is 8.42 Å². The van der Waals surface area contributed by atoms with Crippen molar-refractivity contribution in [3.63, 3.8) is 0 Å². The van der Waals surface area contributed by atoms with E-state index in [0.29, 0.717) is 24.5 Å². The fourth-order valence-electron chi connectivity index (χ4n) is 2.46. The van der Waals surface area contributed by atoms with Gasteiger partial charge in [-0.3, -0.25) is 0 Å². The van der Waals surface area contributed by atoms with E-state index in [1.807, 2.05) is 18.2 Å².